The first-order chi connectivity index (χ1) is 23.3. The Balaban J connectivity index is 0.000000182. The van der Waals surface area contributed by atoms with E-state index in [2.05, 4.69) is 25.9 Å². The number of aromatic nitrogens is 4. The van der Waals surface area contributed by atoms with E-state index in [1.807, 2.05) is 41.5 Å². The molecule has 0 aliphatic carbocycles. The maximum Gasteiger partial charge on any atom is 0.497 e. The van der Waals surface area contributed by atoms with Crippen LogP contribution in [0.25, 0.3) is 22.1 Å². The summed E-state index contributed by atoms with van der Waals surface area (Å²) in [6.45, 7) is 11.3. The molecule has 2 aromatic carbocycles. The minimum Gasteiger partial charge on any atom is -0.399 e. The molecule has 1 aliphatic rings. The van der Waals surface area contributed by atoms with Gasteiger partial charge in [-0.05, 0) is 93.9 Å². The zero-order chi connectivity index (χ0) is 36.4. The van der Waals surface area contributed by atoms with Crippen LogP contribution in [0.3, 0.4) is 0 Å². The molecule has 0 amide bonds. The third kappa shape index (κ3) is 6.39. The van der Waals surface area contributed by atoms with Gasteiger partial charge in [-0.2, -0.15) is 0 Å². The van der Waals surface area contributed by atoms with Crippen LogP contribution in [0.5, 0.6) is 0 Å². The molecule has 0 radical (unpaired) electrons. The molecule has 1 saturated heterocycles. The molecule has 0 saturated carbocycles. The molecule has 0 atom stereocenters. The van der Waals surface area contributed by atoms with Crippen molar-refractivity contribution >= 4 is 70.6 Å². The van der Waals surface area contributed by atoms with Crippen molar-refractivity contribution < 1.29 is 34.9 Å². The van der Waals surface area contributed by atoms with E-state index in [0.29, 0.717) is 20.7 Å². The standard InChI is InChI=1S/C20H22BFN2O4S.C14H10BrFN2O2S/c1-13-6-8-15(9-7-13)29(25,26)24-12-17(16-10-14(22)11-23-18(16)24)21-27-19(2,3)20(4,5)28-21;1-9-2-4-11(5-3-9)21(19,20)18-8-13(15)12-6-10(16)7-17-14(12)18/h6-12H,1-5H3;2-8H,1H3. The van der Waals surface area contributed by atoms with Crippen molar-refractivity contribution in [1.82, 2.24) is 17.9 Å². The van der Waals surface area contributed by atoms with E-state index < -0.39 is 50.0 Å². The molecular formula is C34H32BBrF2N4O6S2. The summed E-state index contributed by atoms with van der Waals surface area (Å²) in [7, 11) is -8.56. The maximum atomic E-state index is 14.0. The predicted molar refractivity (Wildman–Crippen MR) is 190 cm³/mol. The lowest BCUT2D eigenvalue weighted by atomic mass is 9.79. The highest BCUT2D eigenvalue weighted by molar-refractivity contribution is 9.10. The van der Waals surface area contributed by atoms with Crippen LogP contribution in [0, 0.1) is 25.5 Å². The number of rotatable bonds is 5. The van der Waals surface area contributed by atoms with Gasteiger partial charge in [-0.15, -0.1) is 0 Å². The van der Waals surface area contributed by atoms with Crippen molar-refractivity contribution in [3.63, 3.8) is 0 Å². The van der Waals surface area contributed by atoms with Gasteiger partial charge in [0.25, 0.3) is 20.0 Å². The predicted octanol–water partition coefficient (Wildman–Crippen LogP) is 6.50. The molecule has 0 N–H and O–H groups in total. The van der Waals surface area contributed by atoms with Crippen molar-refractivity contribution in [2.45, 2.75) is 62.5 Å². The molecule has 5 heterocycles. The van der Waals surface area contributed by atoms with Gasteiger partial charge in [-0.1, -0.05) is 35.4 Å². The summed E-state index contributed by atoms with van der Waals surface area (Å²) in [5.74, 6) is -1.09. The van der Waals surface area contributed by atoms with Crippen molar-refractivity contribution in [2.75, 3.05) is 0 Å². The summed E-state index contributed by atoms with van der Waals surface area (Å²) < 4.78 is 93.8. The van der Waals surface area contributed by atoms with Crippen LogP contribution in [0.1, 0.15) is 38.8 Å². The number of hydrogen-bond acceptors (Lipinski definition) is 8. The lowest BCUT2D eigenvalue weighted by Gasteiger charge is -2.32. The Bertz CT molecular complexity index is 2470. The second-order valence-electron chi connectivity index (χ2n) is 12.9. The summed E-state index contributed by atoms with van der Waals surface area (Å²) in [4.78, 5) is 8.22. The van der Waals surface area contributed by atoms with Crippen LogP contribution in [0.2, 0.25) is 0 Å². The van der Waals surface area contributed by atoms with E-state index >= 15 is 0 Å². The largest absolute Gasteiger partial charge is 0.497 e. The van der Waals surface area contributed by atoms with Crippen LogP contribution in [-0.4, -0.2) is 53.1 Å². The van der Waals surface area contributed by atoms with E-state index in [4.69, 9.17) is 9.31 Å². The first kappa shape index (κ1) is 35.9. The van der Waals surface area contributed by atoms with Gasteiger partial charge in [0, 0.05) is 33.1 Å². The Hall–Kier alpha value is -3.96. The monoisotopic (exact) mass is 784 g/mol. The molecule has 10 nitrogen and oxygen atoms in total. The lowest BCUT2D eigenvalue weighted by Crippen LogP contribution is -2.41. The van der Waals surface area contributed by atoms with Gasteiger partial charge in [-0.3, -0.25) is 0 Å². The summed E-state index contributed by atoms with van der Waals surface area (Å²) in [6, 6.07) is 15.5. The first-order valence-electron chi connectivity index (χ1n) is 15.3. The van der Waals surface area contributed by atoms with Gasteiger partial charge in [0.05, 0.1) is 33.4 Å². The normalized spacial score (nSPS) is 15.7. The topological polar surface area (TPSA) is 122 Å². The molecule has 0 bridgehead atoms. The maximum absolute atomic E-state index is 14.0. The molecule has 1 aliphatic heterocycles. The minimum absolute atomic E-state index is 0.117. The number of pyridine rings is 2. The molecule has 6 aromatic rings. The first-order valence-corrected chi connectivity index (χ1v) is 19.0. The average molecular weight is 785 g/mol. The molecule has 4 aromatic heterocycles. The van der Waals surface area contributed by atoms with Crippen LogP contribution in [-0.2, 0) is 29.4 Å². The molecule has 50 heavy (non-hydrogen) atoms. The van der Waals surface area contributed by atoms with Crippen LogP contribution in [0.15, 0.2) is 99.7 Å². The van der Waals surface area contributed by atoms with Crippen molar-refractivity contribution in [3.05, 3.63) is 113 Å². The van der Waals surface area contributed by atoms with Crippen LogP contribution >= 0.6 is 15.9 Å². The Morgan fingerprint density at radius 1 is 0.680 bits per heavy atom. The molecule has 1 fully saturated rings. The number of hydrogen-bond donors (Lipinski definition) is 0. The van der Waals surface area contributed by atoms with Gasteiger partial charge in [-0.25, -0.2) is 43.5 Å². The molecule has 7 rings (SSSR count). The SMILES string of the molecule is Cc1ccc(S(=O)(=O)n2cc(B3OC(C)(C)C(C)(C)O3)c3cc(F)cnc32)cc1.Cc1ccc(S(=O)(=O)n2cc(Br)c3cc(F)cnc32)cc1. The zero-order valence-corrected chi connectivity index (χ0v) is 31.1. The fraction of sp³-hybridized carbons (Fsp3) is 0.235. The second-order valence-corrected chi connectivity index (χ2v) is 17.4. The van der Waals surface area contributed by atoms with E-state index in [1.165, 1.54) is 48.8 Å². The quantitative estimate of drug-likeness (QED) is 0.182. The molecule has 0 unspecified atom stereocenters. The Morgan fingerprint density at radius 2 is 1.08 bits per heavy atom. The van der Waals surface area contributed by atoms with Crippen molar-refractivity contribution in [3.8, 4) is 0 Å². The number of aryl methyl sites for hydroxylation is 2. The molecule has 260 valence electrons. The minimum atomic E-state index is -3.94. The second kappa shape index (κ2) is 12.7. The molecule has 0 spiro atoms. The third-order valence-electron chi connectivity index (χ3n) is 8.80. The van der Waals surface area contributed by atoms with Gasteiger partial charge in [0.1, 0.15) is 11.6 Å². The Morgan fingerprint density at radius 3 is 1.54 bits per heavy atom. The highest BCUT2D eigenvalue weighted by Crippen LogP contribution is 2.37. The van der Waals surface area contributed by atoms with Crippen molar-refractivity contribution in [2.24, 2.45) is 0 Å². The number of benzene rings is 2. The number of halogens is 3. The van der Waals surface area contributed by atoms with Gasteiger partial charge in [0.15, 0.2) is 11.3 Å². The summed E-state index contributed by atoms with van der Waals surface area (Å²) in [5.41, 5.74) is 1.39. The average Bonchev–Trinajstić information content (AvgIpc) is 3.66. The Labute approximate surface area is 297 Å². The van der Waals surface area contributed by atoms with E-state index in [9.17, 15) is 25.6 Å². The van der Waals surface area contributed by atoms with Gasteiger partial charge in [0.2, 0.25) is 0 Å². The van der Waals surface area contributed by atoms with Gasteiger partial charge < -0.3 is 9.31 Å². The summed E-state index contributed by atoms with van der Waals surface area (Å²) in [5, 5.41) is 0.741. The lowest BCUT2D eigenvalue weighted by molar-refractivity contribution is 0.00578. The third-order valence-corrected chi connectivity index (χ3v) is 12.8. The van der Waals surface area contributed by atoms with Crippen molar-refractivity contribution in [1.29, 1.82) is 0 Å². The van der Waals surface area contributed by atoms with Crippen LogP contribution in [0.4, 0.5) is 8.78 Å². The van der Waals surface area contributed by atoms with E-state index in [1.54, 1.807) is 24.3 Å². The van der Waals surface area contributed by atoms with E-state index in [-0.39, 0.29) is 21.1 Å². The van der Waals surface area contributed by atoms with E-state index in [0.717, 1.165) is 31.5 Å². The highest BCUT2D eigenvalue weighted by Gasteiger charge is 2.52. The zero-order valence-electron chi connectivity index (χ0n) is 27.8. The number of fused-ring (bicyclic) bond motifs is 2. The fourth-order valence-corrected chi connectivity index (χ4v) is 8.56. The Kier molecular flexibility index (Phi) is 9.09. The smallest absolute Gasteiger partial charge is 0.399 e. The van der Waals surface area contributed by atoms with Gasteiger partial charge >= 0.3 is 7.12 Å². The highest BCUT2D eigenvalue weighted by atomic mass is 79.9. The molecule has 16 heteroatoms. The summed E-state index contributed by atoms with van der Waals surface area (Å²) in [6.07, 6.45) is 4.79. The van der Waals surface area contributed by atoms with Crippen LogP contribution < -0.4 is 5.46 Å². The number of nitrogens with zero attached hydrogens (tertiary/aromatic N) is 4. The summed E-state index contributed by atoms with van der Waals surface area (Å²) >= 11 is 3.24. The molecular weight excluding hydrogens is 753 g/mol. The fourth-order valence-electron chi connectivity index (χ4n) is 5.27.